The van der Waals surface area contributed by atoms with E-state index >= 15 is 0 Å². The predicted octanol–water partition coefficient (Wildman–Crippen LogP) is 3.64. The lowest BCUT2D eigenvalue weighted by Crippen LogP contribution is -1.96. The summed E-state index contributed by atoms with van der Waals surface area (Å²) in [6.07, 6.45) is 6.63. The van der Waals surface area contributed by atoms with E-state index in [9.17, 15) is 0 Å². The van der Waals surface area contributed by atoms with Crippen LogP contribution in [0, 0.1) is 6.92 Å². The topological polar surface area (TPSA) is 26.0 Å². The number of hydrogen-bond acceptors (Lipinski definition) is 2. The summed E-state index contributed by atoms with van der Waals surface area (Å²) < 4.78 is 0. The van der Waals surface area contributed by atoms with E-state index in [-0.39, 0.29) is 0 Å². The molecule has 14 heavy (non-hydrogen) atoms. The fourth-order valence-corrected chi connectivity index (χ4v) is 2.79. The lowest BCUT2D eigenvalue weighted by atomic mass is 10.1. The standard InChI is InChI=1S/C12H21NS/c1-3-4-5-6-7-12-10(2)11(8-13)9-14-12/h9H,3-8,13H2,1-2H3. The summed E-state index contributed by atoms with van der Waals surface area (Å²) in [6, 6.07) is 0. The van der Waals surface area contributed by atoms with Crippen LogP contribution >= 0.6 is 11.3 Å². The minimum Gasteiger partial charge on any atom is -0.326 e. The number of rotatable bonds is 6. The van der Waals surface area contributed by atoms with E-state index in [1.165, 1.54) is 43.2 Å². The van der Waals surface area contributed by atoms with Crippen molar-refractivity contribution >= 4 is 11.3 Å². The van der Waals surface area contributed by atoms with Gasteiger partial charge in [-0.1, -0.05) is 26.2 Å². The third-order valence-corrected chi connectivity index (χ3v) is 3.92. The molecule has 0 aliphatic rings. The van der Waals surface area contributed by atoms with Crippen LogP contribution in [0.4, 0.5) is 0 Å². The van der Waals surface area contributed by atoms with Crippen molar-refractivity contribution in [2.75, 3.05) is 0 Å². The van der Waals surface area contributed by atoms with Crippen LogP contribution in [0.2, 0.25) is 0 Å². The van der Waals surface area contributed by atoms with E-state index in [0.717, 1.165) is 0 Å². The molecule has 1 aromatic rings. The fourth-order valence-electron chi connectivity index (χ4n) is 1.66. The highest BCUT2D eigenvalue weighted by Crippen LogP contribution is 2.23. The highest BCUT2D eigenvalue weighted by atomic mass is 32.1. The van der Waals surface area contributed by atoms with Crippen molar-refractivity contribution in [3.63, 3.8) is 0 Å². The molecule has 0 atom stereocenters. The molecule has 0 radical (unpaired) electrons. The van der Waals surface area contributed by atoms with Crippen LogP contribution in [-0.4, -0.2) is 0 Å². The van der Waals surface area contributed by atoms with Crippen molar-refractivity contribution in [3.8, 4) is 0 Å². The molecule has 0 saturated carbocycles. The summed E-state index contributed by atoms with van der Waals surface area (Å²) in [5.41, 5.74) is 8.42. The molecule has 0 unspecified atom stereocenters. The highest BCUT2D eigenvalue weighted by molar-refractivity contribution is 7.10. The Morgan fingerprint density at radius 1 is 1.29 bits per heavy atom. The van der Waals surface area contributed by atoms with Crippen molar-refractivity contribution in [2.45, 2.75) is 52.5 Å². The Hall–Kier alpha value is -0.340. The van der Waals surface area contributed by atoms with Gasteiger partial charge in [-0.3, -0.25) is 0 Å². The Bertz CT molecular complexity index is 265. The summed E-state index contributed by atoms with van der Waals surface area (Å²) in [5.74, 6) is 0. The lowest BCUT2D eigenvalue weighted by molar-refractivity contribution is 0.669. The summed E-state index contributed by atoms with van der Waals surface area (Å²) >= 11 is 1.88. The maximum Gasteiger partial charge on any atom is 0.0189 e. The van der Waals surface area contributed by atoms with Gasteiger partial charge in [-0.15, -0.1) is 11.3 Å². The quantitative estimate of drug-likeness (QED) is 0.714. The monoisotopic (exact) mass is 211 g/mol. The minimum absolute atomic E-state index is 0.692. The fraction of sp³-hybridized carbons (Fsp3) is 0.667. The van der Waals surface area contributed by atoms with Gasteiger partial charge in [0.2, 0.25) is 0 Å². The molecule has 0 aliphatic carbocycles. The van der Waals surface area contributed by atoms with Crippen LogP contribution in [0.5, 0.6) is 0 Å². The molecule has 0 spiro atoms. The maximum atomic E-state index is 5.65. The molecule has 1 heterocycles. The first kappa shape index (κ1) is 11.7. The summed E-state index contributed by atoms with van der Waals surface area (Å²) in [7, 11) is 0. The third-order valence-electron chi connectivity index (χ3n) is 2.72. The Balaban J connectivity index is 2.39. The molecule has 1 aromatic heterocycles. The highest BCUT2D eigenvalue weighted by Gasteiger charge is 2.05. The molecule has 1 rings (SSSR count). The maximum absolute atomic E-state index is 5.65. The first-order chi connectivity index (χ1) is 6.79. The van der Waals surface area contributed by atoms with Crippen molar-refractivity contribution in [1.29, 1.82) is 0 Å². The molecule has 2 N–H and O–H groups in total. The minimum atomic E-state index is 0.692. The predicted molar refractivity (Wildman–Crippen MR) is 64.8 cm³/mol. The van der Waals surface area contributed by atoms with Gasteiger partial charge in [0.15, 0.2) is 0 Å². The first-order valence-electron chi connectivity index (χ1n) is 5.55. The van der Waals surface area contributed by atoms with Crippen molar-refractivity contribution in [1.82, 2.24) is 0 Å². The number of nitrogens with two attached hydrogens (primary N) is 1. The molecule has 0 aromatic carbocycles. The molecule has 0 bridgehead atoms. The van der Waals surface area contributed by atoms with Crippen LogP contribution in [-0.2, 0) is 13.0 Å². The zero-order chi connectivity index (χ0) is 10.4. The Labute approximate surface area is 91.3 Å². The summed E-state index contributed by atoms with van der Waals surface area (Å²) in [4.78, 5) is 1.54. The molecular formula is C12H21NS. The average Bonchev–Trinajstić information content (AvgIpc) is 2.55. The Morgan fingerprint density at radius 2 is 2.07 bits per heavy atom. The van der Waals surface area contributed by atoms with Gasteiger partial charge in [-0.25, -0.2) is 0 Å². The second kappa shape index (κ2) is 6.20. The van der Waals surface area contributed by atoms with Gasteiger partial charge in [-0.2, -0.15) is 0 Å². The van der Waals surface area contributed by atoms with E-state index in [1.54, 1.807) is 4.88 Å². The van der Waals surface area contributed by atoms with Crippen molar-refractivity contribution < 1.29 is 0 Å². The second-order valence-corrected chi connectivity index (χ2v) is 4.79. The smallest absolute Gasteiger partial charge is 0.0189 e. The largest absolute Gasteiger partial charge is 0.326 e. The van der Waals surface area contributed by atoms with Crippen LogP contribution < -0.4 is 5.73 Å². The number of aryl methyl sites for hydroxylation is 1. The molecule has 0 fully saturated rings. The molecule has 0 aliphatic heterocycles. The summed E-state index contributed by atoms with van der Waals surface area (Å²) in [6.45, 7) is 5.15. The normalized spacial score (nSPS) is 10.8. The van der Waals surface area contributed by atoms with E-state index in [2.05, 4.69) is 19.2 Å². The van der Waals surface area contributed by atoms with Crippen LogP contribution in [0.15, 0.2) is 5.38 Å². The summed E-state index contributed by atoms with van der Waals surface area (Å²) in [5, 5.41) is 2.21. The van der Waals surface area contributed by atoms with E-state index in [4.69, 9.17) is 5.73 Å². The van der Waals surface area contributed by atoms with Gasteiger partial charge >= 0.3 is 0 Å². The average molecular weight is 211 g/mol. The van der Waals surface area contributed by atoms with Gasteiger partial charge in [-0.05, 0) is 36.3 Å². The molecule has 80 valence electrons. The zero-order valence-electron chi connectivity index (χ0n) is 9.31. The SMILES string of the molecule is CCCCCCc1scc(CN)c1C. The molecular weight excluding hydrogens is 190 g/mol. The van der Waals surface area contributed by atoms with Crippen molar-refractivity contribution in [2.24, 2.45) is 5.73 Å². The van der Waals surface area contributed by atoms with Gasteiger partial charge in [0.05, 0.1) is 0 Å². The Morgan fingerprint density at radius 3 is 2.64 bits per heavy atom. The number of unbranched alkanes of at least 4 members (excludes halogenated alkanes) is 3. The molecule has 0 saturated heterocycles. The number of thiophene rings is 1. The van der Waals surface area contributed by atoms with Gasteiger partial charge in [0.1, 0.15) is 0 Å². The first-order valence-corrected chi connectivity index (χ1v) is 6.43. The lowest BCUT2D eigenvalue weighted by Gasteiger charge is -2.00. The molecule has 0 amide bonds. The Kier molecular flexibility index (Phi) is 5.20. The molecule has 1 nitrogen and oxygen atoms in total. The van der Waals surface area contributed by atoms with Crippen LogP contribution in [0.25, 0.3) is 0 Å². The molecule has 2 heteroatoms. The zero-order valence-corrected chi connectivity index (χ0v) is 10.1. The van der Waals surface area contributed by atoms with E-state index in [0.29, 0.717) is 6.54 Å². The number of hydrogen-bond donors (Lipinski definition) is 1. The third kappa shape index (κ3) is 3.10. The van der Waals surface area contributed by atoms with Gasteiger partial charge in [0, 0.05) is 11.4 Å². The van der Waals surface area contributed by atoms with Crippen molar-refractivity contribution in [3.05, 3.63) is 21.4 Å². The van der Waals surface area contributed by atoms with E-state index in [1.807, 2.05) is 11.3 Å². The van der Waals surface area contributed by atoms with Crippen LogP contribution in [0.1, 0.15) is 48.6 Å². The van der Waals surface area contributed by atoms with Gasteiger partial charge in [0.25, 0.3) is 0 Å². The van der Waals surface area contributed by atoms with E-state index < -0.39 is 0 Å². The van der Waals surface area contributed by atoms with Crippen LogP contribution in [0.3, 0.4) is 0 Å². The van der Waals surface area contributed by atoms with Gasteiger partial charge < -0.3 is 5.73 Å². The second-order valence-electron chi connectivity index (χ2n) is 3.82.